The van der Waals surface area contributed by atoms with Gasteiger partial charge in [0.25, 0.3) is 0 Å². The van der Waals surface area contributed by atoms with Gasteiger partial charge in [0.15, 0.2) is 0 Å². The number of hydrogen-bond donors (Lipinski definition) is 1. The summed E-state index contributed by atoms with van der Waals surface area (Å²) in [6.45, 7) is 10.4. The van der Waals surface area contributed by atoms with Gasteiger partial charge >= 0.3 is 0 Å². The van der Waals surface area contributed by atoms with Gasteiger partial charge in [-0.15, -0.1) is 0 Å². The lowest BCUT2D eigenvalue weighted by Gasteiger charge is -2.38. The summed E-state index contributed by atoms with van der Waals surface area (Å²) in [5, 5.41) is 9.86. The van der Waals surface area contributed by atoms with Gasteiger partial charge < -0.3 is 10.0 Å². The largest absolute Gasteiger partial charge is 0.389 e. The second-order valence-electron chi connectivity index (χ2n) is 5.84. The molecule has 0 saturated carbocycles. The van der Waals surface area contributed by atoms with Gasteiger partial charge in [-0.3, -0.25) is 4.90 Å². The van der Waals surface area contributed by atoms with Gasteiger partial charge in [-0.25, -0.2) is 4.98 Å². The molecular formula is C14H22BrN3O. The first kappa shape index (κ1) is 14.8. The minimum Gasteiger partial charge on any atom is -0.389 e. The Morgan fingerprint density at radius 3 is 2.53 bits per heavy atom. The van der Waals surface area contributed by atoms with Crippen molar-refractivity contribution in [1.29, 1.82) is 0 Å². The van der Waals surface area contributed by atoms with E-state index in [9.17, 15) is 5.11 Å². The Hall–Kier alpha value is -0.650. The second kappa shape index (κ2) is 5.77. The third-order valence-electron chi connectivity index (χ3n) is 3.35. The molecule has 1 aromatic rings. The summed E-state index contributed by atoms with van der Waals surface area (Å²) >= 11 is 3.62. The van der Waals surface area contributed by atoms with Crippen molar-refractivity contribution in [3.05, 3.63) is 22.3 Å². The molecule has 1 fully saturated rings. The maximum Gasteiger partial charge on any atom is 0.143 e. The zero-order valence-electron chi connectivity index (χ0n) is 11.9. The van der Waals surface area contributed by atoms with Crippen LogP contribution in [0.5, 0.6) is 0 Å². The number of hydrogen-bond acceptors (Lipinski definition) is 4. The van der Waals surface area contributed by atoms with Crippen LogP contribution in [0, 0.1) is 6.92 Å². The molecule has 0 amide bonds. The van der Waals surface area contributed by atoms with Crippen molar-refractivity contribution >= 4 is 21.7 Å². The molecular weight excluding hydrogens is 306 g/mol. The number of halogens is 1. The first-order valence-electron chi connectivity index (χ1n) is 6.67. The average Bonchev–Trinajstić information content (AvgIpc) is 2.32. The van der Waals surface area contributed by atoms with Crippen LogP contribution in [0.15, 0.2) is 16.7 Å². The molecule has 5 heteroatoms. The van der Waals surface area contributed by atoms with Crippen molar-refractivity contribution < 1.29 is 5.11 Å². The molecule has 106 valence electrons. The molecule has 1 N–H and O–H groups in total. The fourth-order valence-electron chi connectivity index (χ4n) is 2.41. The van der Waals surface area contributed by atoms with Crippen molar-refractivity contribution in [2.75, 3.05) is 37.6 Å². The van der Waals surface area contributed by atoms with E-state index in [4.69, 9.17) is 0 Å². The predicted octanol–water partition coefficient (Wildman–Crippen LogP) is 2.05. The standard InChI is InChI=1S/C14H22BrN3O/c1-11-4-5-16-13(12(11)15)18-8-6-17(7-9-18)10-14(2,3)19/h4-5,19H,6-10H2,1-3H3. The van der Waals surface area contributed by atoms with E-state index in [-0.39, 0.29) is 0 Å². The Morgan fingerprint density at radius 1 is 1.32 bits per heavy atom. The van der Waals surface area contributed by atoms with Gasteiger partial charge in [-0.2, -0.15) is 0 Å². The van der Waals surface area contributed by atoms with Crippen LogP contribution in [0.4, 0.5) is 5.82 Å². The van der Waals surface area contributed by atoms with Gasteiger partial charge in [0, 0.05) is 38.9 Å². The van der Waals surface area contributed by atoms with Crippen LogP contribution in [0.2, 0.25) is 0 Å². The first-order chi connectivity index (χ1) is 8.87. The Balaban J connectivity index is 1.98. The Kier molecular flexibility index (Phi) is 4.48. The summed E-state index contributed by atoms with van der Waals surface area (Å²) < 4.78 is 1.09. The number of aryl methyl sites for hydroxylation is 1. The van der Waals surface area contributed by atoms with Crippen LogP contribution in [-0.2, 0) is 0 Å². The highest BCUT2D eigenvalue weighted by molar-refractivity contribution is 9.10. The molecule has 1 aliphatic heterocycles. The minimum atomic E-state index is -0.621. The van der Waals surface area contributed by atoms with Gasteiger partial charge in [-0.05, 0) is 48.3 Å². The smallest absolute Gasteiger partial charge is 0.143 e. The average molecular weight is 328 g/mol. The van der Waals surface area contributed by atoms with Gasteiger partial charge in [0.1, 0.15) is 5.82 Å². The fraction of sp³-hybridized carbons (Fsp3) is 0.643. The lowest BCUT2D eigenvalue weighted by Crippen LogP contribution is -2.50. The molecule has 0 radical (unpaired) electrons. The Bertz CT molecular complexity index is 437. The second-order valence-corrected chi connectivity index (χ2v) is 6.63. The molecule has 0 aliphatic carbocycles. The number of β-amino-alcohol motifs (C(OH)–C–C–N with tert-alkyl or cyclic N) is 1. The van der Waals surface area contributed by atoms with E-state index in [1.54, 1.807) is 0 Å². The normalized spacial score (nSPS) is 17.8. The number of piperazine rings is 1. The molecule has 0 aromatic carbocycles. The molecule has 2 rings (SSSR count). The van der Waals surface area contributed by atoms with Crippen molar-refractivity contribution in [3.63, 3.8) is 0 Å². The van der Waals surface area contributed by atoms with Crippen LogP contribution in [0.1, 0.15) is 19.4 Å². The van der Waals surface area contributed by atoms with Gasteiger partial charge in [0.05, 0.1) is 10.1 Å². The zero-order chi connectivity index (χ0) is 14.0. The Morgan fingerprint density at radius 2 is 1.95 bits per heavy atom. The van der Waals surface area contributed by atoms with Crippen LogP contribution >= 0.6 is 15.9 Å². The number of rotatable bonds is 3. The van der Waals surface area contributed by atoms with Crippen LogP contribution in [0.25, 0.3) is 0 Å². The minimum absolute atomic E-state index is 0.621. The summed E-state index contributed by atoms with van der Waals surface area (Å²) in [4.78, 5) is 9.08. The van der Waals surface area contributed by atoms with E-state index in [1.165, 1.54) is 5.56 Å². The molecule has 0 unspecified atom stereocenters. The van der Waals surface area contributed by atoms with Crippen molar-refractivity contribution in [2.24, 2.45) is 0 Å². The van der Waals surface area contributed by atoms with E-state index in [0.717, 1.165) is 43.0 Å². The maximum atomic E-state index is 9.86. The number of aliphatic hydroxyl groups is 1. The first-order valence-corrected chi connectivity index (χ1v) is 7.47. The van der Waals surface area contributed by atoms with Crippen molar-refractivity contribution in [2.45, 2.75) is 26.4 Å². The molecule has 19 heavy (non-hydrogen) atoms. The molecule has 4 nitrogen and oxygen atoms in total. The topological polar surface area (TPSA) is 39.6 Å². The van der Waals surface area contributed by atoms with Crippen LogP contribution in [0.3, 0.4) is 0 Å². The van der Waals surface area contributed by atoms with E-state index in [0.29, 0.717) is 0 Å². The third-order valence-corrected chi connectivity index (χ3v) is 4.33. The Labute approximate surface area is 123 Å². The maximum absolute atomic E-state index is 9.86. The molecule has 1 aromatic heterocycles. The summed E-state index contributed by atoms with van der Waals surface area (Å²) in [7, 11) is 0. The van der Waals surface area contributed by atoms with Crippen LogP contribution in [-0.4, -0.2) is 53.3 Å². The number of anilines is 1. The van der Waals surface area contributed by atoms with E-state index < -0.39 is 5.60 Å². The monoisotopic (exact) mass is 327 g/mol. The lowest BCUT2D eigenvalue weighted by molar-refractivity contribution is 0.0344. The van der Waals surface area contributed by atoms with Crippen molar-refractivity contribution in [1.82, 2.24) is 9.88 Å². The molecule has 1 saturated heterocycles. The van der Waals surface area contributed by atoms with E-state index in [2.05, 4.69) is 37.6 Å². The number of aromatic nitrogens is 1. The summed E-state index contributed by atoms with van der Waals surface area (Å²) in [5.74, 6) is 1.03. The molecule has 0 bridgehead atoms. The summed E-state index contributed by atoms with van der Waals surface area (Å²) in [5.41, 5.74) is 0.591. The van der Waals surface area contributed by atoms with Crippen molar-refractivity contribution in [3.8, 4) is 0 Å². The quantitative estimate of drug-likeness (QED) is 0.922. The molecule has 0 spiro atoms. The highest BCUT2D eigenvalue weighted by atomic mass is 79.9. The van der Waals surface area contributed by atoms with E-state index in [1.807, 2.05) is 26.1 Å². The molecule has 2 heterocycles. The van der Waals surface area contributed by atoms with Crippen LogP contribution < -0.4 is 4.90 Å². The molecule has 0 atom stereocenters. The SMILES string of the molecule is Cc1ccnc(N2CCN(CC(C)(C)O)CC2)c1Br. The van der Waals surface area contributed by atoms with E-state index >= 15 is 0 Å². The lowest BCUT2D eigenvalue weighted by atomic mass is 10.1. The van der Waals surface area contributed by atoms with Gasteiger partial charge in [-0.1, -0.05) is 0 Å². The predicted molar refractivity (Wildman–Crippen MR) is 81.6 cm³/mol. The highest BCUT2D eigenvalue weighted by Gasteiger charge is 2.24. The number of nitrogens with zero attached hydrogens (tertiary/aromatic N) is 3. The highest BCUT2D eigenvalue weighted by Crippen LogP contribution is 2.27. The fourth-order valence-corrected chi connectivity index (χ4v) is 2.90. The molecule has 1 aliphatic rings. The van der Waals surface area contributed by atoms with Gasteiger partial charge in [0.2, 0.25) is 0 Å². The third kappa shape index (κ3) is 3.91. The summed E-state index contributed by atoms with van der Waals surface area (Å²) in [6.07, 6.45) is 1.86. The summed E-state index contributed by atoms with van der Waals surface area (Å²) in [6, 6.07) is 2.01. The number of pyridine rings is 1. The zero-order valence-corrected chi connectivity index (χ0v) is 13.4.